The van der Waals surface area contributed by atoms with Crippen molar-refractivity contribution in [1.82, 2.24) is 4.98 Å². The molecule has 0 aliphatic rings. The van der Waals surface area contributed by atoms with Crippen molar-refractivity contribution in [3.63, 3.8) is 0 Å². The molecule has 0 aliphatic carbocycles. The first-order valence-corrected chi connectivity index (χ1v) is 9.16. The van der Waals surface area contributed by atoms with Gasteiger partial charge in [-0.2, -0.15) is 0 Å². The molecule has 3 nitrogen and oxygen atoms in total. The maximum absolute atomic E-state index is 12.8. The minimum Gasteiger partial charge on any atom is -0.325 e. The number of pyridine rings is 1. The van der Waals surface area contributed by atoms with E-state index in [1.54, 1.807) is 0 Å². The number of hydrogen-bond donors (Lipinski definition) is 1. The monoisotopic (exact) mass is 354 g/mol. The van der Waals surface area contributed by atoms with Gasteiger partial charge >= 0.3 is 0 Å². The Hall–Kier alpha value is -3.20. The summed E-state index contributed by atoms with van der Waals surface area (Å²) in [5.74, 6) is -0.0163. The van der Waals surface area contributed by atoms with E-state index in [1.165, 1.54) is 0 Å². The number of carbonyl (C=O) groups excluding carboxylic acids is 1. The fourth-order valence-electron chi connectivity index (χ4n) is 3.73. The lowest BCUT2D eigenvalue weighted by molar-refractivity contribution is -0.115. The summed E-state index contributed by atoms with van der Waals surface area (Å²) in [7, 11) is 0. The lowest BCUT2D eigenvalue weighted by Crippen LogP contribution is -2.15. The first-order chi connectivity index (χ1) is 13.0. The van der Waals surface area contributed by atoms with Crippen LogP contribution in [0.25, 0.3) is 21.7 Å². The molecule has 0 saturated carbocycles. The zero-order valence-electron chi connectivity index (χ0n) is 15.8. The maximum Gasteiger partial charge on any atom is 0.228 e. The molecule has 0 aliphatic heterocycles. The zero-order chi connectivity index (χ0) is 19.0. The molecule has 0 radical (unpaired) electrons. The van der Waals surface area contributed by atoms with Crippen LogP contribution in [0, 0.1) is 20.8 Å². The highest BCUT2D eigenvalue weighted by Crippen LogP contribution is 2.27. The molecule has 0 unspecified atom stereocenters. The van der Waals surface area contributed by atoms with Crippen molar-refractivity contribution in [3.05, 3.63) is 83.0 Å². The number of hydrogen-bond acceptors (Lipinski definition) is 2. The van der Waals surface area contributed by atoms with Gasteiger partial charge in [-0.15, -0.1) is 0 Å². The van der Waals surface area contributed by atoms with Gasteiger partial charge in [0.1, 0.15) is 0 Å². The average molecular weight is 354 g/mol. The molecular formula is C24H22N2O. The van der Waals surface area contributed by atoms with Gasteiger partial charge in [-0.3, -0.25) is 9.78 Å². The molecule has 0 atom stereocenters. The number of aromatic nitrogens is 1. The molecule has 1 aromatic heterocycles. The van der Waals surface area contributed by atoms with E-state index < -0.39 is 0 Å². The number of rotatable bonds is 3. The van der Waals surface area contributed by atoms with Crippen LogP contribution < -0.4 is 5.32 Å². The van der Waals surface area contributed by atoms with Crippen LogP contribution in [0.15, 0.2) is 60.7 Å². The molecule has 1 amide bonds. The number of amides is 1. The SMILES string of the molecule is Cc1cc(C)c2nc(C)cc(NC(=O)Cc3cccc4ccccc34)c2c1. The van der Waals surface area contributed by atoms with Crippen molar-refractivity contribution in [2.24, 2.45) is 0 Å². The normalized spacial score (nSPS) is 11.1. The molecule has 0 fully saturated rings. The van der Waals surface area contributed by atoms with Gasteiger partial charge < -0.3 is 5.32 Å². The summed E-state index contributed by atoms with van der Waals surface area (Å²) in [6, 6.07) is 20.4. The zero-order valence-corrected chi connectivity index (χ0v) is 15.8. The molecule has 0 spiro atoms. The Morgan fingerprint density at radius 2 is 1.70 bits per heavy atom. The third-order valence-corrected chi connectivity index (χ3v) is 4.88. The van der Waals surface area contributed by atoms with Crippen molar-refractivity contribution in [2.75, 3.05) is 5.32 Å². The lowest BCUT2D eigenvalue weighted by atomic mass is 10.0. The van der Waals surface area contributed by atoms with Gasteiger partial charge in [-0.25, -0.2) is 0 Å². The quantitative estimate of drug-likeness (QED) is 0.528. The Balaban J connectivity index is 1.69. The number of aryl methyl sites for hydroxylation is 3. The Morgan fingerprint density at radius 1 is 0.926 bits per heavy atom. The van der Waals surface area contributed by atoms with E-state index in [1.807, 2.05) is 37.3 Å². The van der Waals surface area contributed by atoms with Crippen LogP contribution in [0.4, 0.5) is 5.69 Å². The molecule has 0 saturated heterocycles. The summed E-state index contributed by atoms with van der Waals surface area (Å²) in [6.45, 7) is 6.08. The van der Waals surface area contributed by atoms with E-state index in [2.05, 4.69) is 54.5 Å². The summed E-state index contributed by atoms with van der Waals surface area (Å²) in [5.41, 5.74) is 5.99. The number of fused-ring (bicyclic) bond motifs is 2. The summed E-state index contributed by atoms with van der Waals surface area (Å²) in [5, 5.41) is 6.38. The fraction of sp³-hybridized carbons (Fsp3) is 0.167. The van der Waals surface area contributed by atoms with Crippen LogP contribution in [0.5, 0.6) is 0 Å². The summed E-state index contributed by atoms with van der Waals surface area (Å²) < 4.78 is 0. The molecule has 4 aromatic rings. The van der Waals surface area contributed by atoms with Crippen LogP contribution in [0.3, 0.4) is 0 Å². The van der Waals surface area contributed by atoms with E-state index in [0.717, 1.165) is 49.7 Å². The maximum atomic E-state index is 12.8. The second kappa shape index (κ2) is 6.84. The smallest absolute Gasteiger partial charge is 0.228 e. The van der Waals surface area contributed by atoms with Crippen molar-refractivity contribution in [3.8, 4) is 0 Å². The van der Waals surface area contributed by atoms with Crippen LogP contribution in [0.2, 0.25) is 0 Å². The first kappa shape index (κ1) is 17.2. The summed E-state index contributed by atoms with van der Waals surface area (Å²) >= 11 is 0. The van der Waals surface area contributed by atoms with Crippen molar-refractivity contribution in [2.45, 2.75) is 27.2 Å². The third kappa shape index (κ3) is 3.41. The molecule has 134 valence electrons. The molecular weight excluding hydrogens is 332 g/mol. The summed E-state index contributed by atoms with van der Waals surface area (Å²) in [6.07, 6.45) is 0.342. The predicted octanol–water partition coefficient (Wildman–Crippen LogP) is 5.49. The van der Waals surface area contributed by atoms with E-state index in [0.29, 0.717) is 6.42 Å². The third-order valence-electron chi connectivity index (χ3n) is 4.88. The molecule has 1 N–H and O–H groups in total. The van der Waals surface area contributed by atoms with Gasteiger partial charge in [-0.05, 0) is 54.8 Å². The molecule has 27 heavy (non-hydrogen) atoms. The van der Waals surface area contributed by atoms with Crippen molar-refractivity contribution in [1.29, 1.82) is 0 Å². The molecule has 3 aromatic carbocycles. The minimum absolute atomic E-state index is 0.0163. The topological polar surface area (TPSA) is 42.0 Å². The molecule has 0 bridgehead atoms. The van der Waals surface area contributed by atoms with E-state index in [4.69, 9.17) is 0 Å². The van der Waals surface area contributed by atoms with Gasteiger partial charge in [0.05, 0.1) is 17.6 Å². The van der Waals surface area contributed by atoms with Gasteiger partial charge in [0, 0.05) is 11.1 Å². The van der Waals surface area contributed by atoms with E-state index in [9.17, 15) is 4.79 Å². The van der Waals surface area contributed by atoms with Gasteiger partial charge in [-0.1, -0.05) is 54.1 Å². The summed E-state index contributed by atoms with van der Waals surface area (Å²) in [4.78, 5) is 17.5. The van der Waals surface area contributed by atoms with Crippen molar-refractivity contribution >= 4 is 33.3 Å². The number of nitrogens with one attached hydrogen (secondary N) is 1. The van der Waals surface area contributed by atoms with Crippen LogP contribution in [-0.4, -0.2) is 10.9 Å². The minimum atomic E-state index is -0.0163. The van der Waals surface area contributed by atoms with Crippen LogP contribution >= 0.6 is 0 Å². The van der Waals surface area contributed by atoms with E-state index in [-0.39, 0.29) is 5.91 Å². The number of nitrogens with zero attached hydrogens (tertiary/aromatic N) is 1. The Morgan fingerprint density at radius 3 is 2.56 bits per heavy atom. The number of anilines is 1. The number of benzene rings is 3. The van der Waals surface area contributed by atoms with Gasteiger partial charge in [0.2, 0.25) is 5.91 Å². The molecule has 4 rings (SSSR count). The molecule has 3 heteroatoms. The first-order valence-electron chi connectivity index (χ1n) is 9.16. The largest absolute Gasteiger partial charge is 0.325 e. The van der Waals surface area contributed by atoms with Crippen LogP contribution in [-0.2, 0) is 11.2 Å². The standard InChI is InChI=1S/C24H22N2O/c1-15-11-16(2)24-21(12-15)22(13-17(3)25-24)26-23(27)14-19-9-6-8-18-7-4-5-10-20(18)19/h4-13H,14H2,1-3H3,(H,25,26,27). The fourth-order valence-corrected chi connectivity index (χ4v) is 3.73. The second-order valence-corrected chi connectivity index (χ2v) is 7.15. The molecule has 1 heterocycles. The van der Waals surface area contributed by atoms with Gasteiger partial charge in [0.15, 0.2) is 0 Å². The van der Waals surface area contributed by atoms with Crippen LogP contribution in [0.1, 0.15) is 22.4 Å². The van der Waals surface area contributed by atoms with Crippen molar-refractivity contribution < 1.29 is 4.79 Å². The van der Waals surface area contributed by atoms with Gasteiger partial charge in [0.25, 0.3) is 0 Å². The van der Waals surface area contributed by atoms with E-state index >= 15 is 0 Å². The highest BCUT2D eigenvalue weighted by molar-refractivity contribution is 6.03. The Bertz CT molecular complexity index is 1170. The Labute approximate surface area is 159 Å². The predicted molar refractivity (Wildman–Crippen MR) is 112 cm³/mol. The number of carbonyl (C=O) groups is 1. The highest BCUT2D eigenvalue weighted by Gasteiger charge is 2.12. The Kier molecular flexibility index (Phi) is 4.36. The second-order valence-electron chi connectivity index (χ2n) is 7.15. The average Bonchev–Trinajstić information content (AvgIpc) is 2.63. The highest BCUT2D eigenvalue weighted by atomic mass is 16.1. The lowest BCUT2D eigenvalue weighted by Gasteiger charge is -2.13.